The van der Waals surface area contributed by atoms with Crippen molar-refractivity contribution in [2.45, 2.75) is 6.42 Å². The molecule has 0 aliphatic carbocycles. The molecule has 19 heavy (non-hydrogen) atoms. The summed E-state index contributed by atoms with van der Waals surface area (Å²) >= 11 is 0. The van der Waals surface area contributed by atoms with E-state index in [0.717, 1.165) is 11.3 Å². The zero-order valence-corrected chi connectivity index (χ0v) is 10.6. The van der Waals surface area contributed by atoms with Crippen LogP contribution in [-0.4, -0.2) is 13.1 Å². The Bertz CT molecular complexity index is 547. The molecule has 98 valence electrons. The van der Waals surface area contributed by atoms with Crippen molar-refractivity contribution in [1.82, 2.24) is 0 Å². The number of carbonyl (C=O) groups is 1. The van der Waals surface area contributed by atoms with Gasteiger partial charge in [0.05, 0.1) is 13.5 Å². The third-order valence-corrected chi connectivity index (χ3v) is 2.62. The van der Waals surface area contributed by atoms with Crippen molar-refractivity contribution >= 4 is 11.7 Å². The number of nitrogen functional groups attached to an aromatic ring is 1. The molecular formula is C15H15NO3. The molecule has 0 saturated heterocycles. The molecule has 0 spiro atoms. The Morgan fingerprint density at radius 2 is 1.58 bits per heavy atom. The third-order valence-electron chi connectivity index (χ3n) is 2.62. The second-order valence-electron chi connectivity index (χ2n) is 4.07. The van der Waals surface area contributed by atoms with E-state index in [1.54, 1.807) is 43.5 Å². The Kier molecular flexibility index (Phi) is 4.03. The minimum Gasteiger partial charge on any atom is -0.497 e. The molecule has 0 aliphatic rings. The maximum Gasteiger partial charge on any atom is 0.315 e. The van der Waals surface area contributed by atoms with Crippen LogP contribution in [0.4, 0.5) is 5.69 Å². The molecule has 0 unspecified atom stereocenters. The van der Waals surface area contributed by atoms with Crippen LogP contribution < -0.4 is 15.2 Å². The minimum absolute atomic E-state index is 0.215. The van der Waals surface area contributed by atoms with Gasteiger partial charge in [-0.3, -0.25) is 4.79 Å². The highest BCUT2D eigenvalue weighted by Gasteiger charge is 2.06. The highest BCUT2D eigenvalue weighted by atomic mass is 16.5. The molecule has 2 rings (SSSR count). The number of benzene rings is 2. The predicted molar refractivity (Wildman–Crippen MR) is 73.2 cm³/mol. The number of ether oxygens (including phenoxy) is 2. The number of nitrogens with two attached hydrogens (primary N) is 1. The topological polar surface area (TPSA) is 61.5 Å². The number of methoxy groups -OCH3 is 1. The molecule has 2 N–H and O–H groups in total. The van der Waals surface area contributed by atoms with Crippen LogP contribution in [0.1, 0.15) is 5.56 Å². The summed E-state index contributed by atoms with van der Waals surface area (Å²) in [6.45, 7) is 0. The van der Waals surface area contributed by atoms with Crippen LogP contribution in [0.5, 0.6) is 11.5 Å². The molecular weight excluding hydrogens is 242 g/mol. The first-order chi connectivity index (χ1) is 9.17. The first kappa shape index (κ1) is 13.0. The highest BCUT2D eigenvalue weighted by molar-refractivity contribution is 5.75. The van der Waals surface area contributed by atoms with Gasteiger partial charge in [0.1, 0.15) is 11.5 Å². The molecule has 0 fully saturated rings. The fraction of sp³-hybridized carbons (Fsp3) is 0.133. The zero-order valence-electron chi connectivity index (χ0n) is 10.6. The zero-order chi connectivity index (χ0) is 13.7. The van der Waals surface area contributed by atoms with E-state index < -0.39 is 0 Å². The van der Waals surface area contributed by atoms with E-state index in [1.165, 1.54) is 0 Å². The summed E-state index contributed by atoms with van der Waals surface area (Å²) < 4.78 is 10.3. The lowest BCUT2D eigenvalue weighted by molar-refractivity contribution is -0.133. The van der Waals surface area contributed by atoms with Gasteiger partial charge in [0, 0.05) is 5.69 Å². The van der Waals surface area contributed by atoms with E-state index in [1.807, 2.05) is 12.1 Å². The van der Waals surface area contributed by atoms with Gasteiger partial charge in [0.15, 0.2) is 0 Å². The van der Waals surface area contributed by atoms with Crippen molar-refractivity contribution in [3.63, 3.8) is 0 Å². The van der Waals surface area contributed by atoms with Crippen molar-refractivity contribution in [3.05, 3.63) is 54.1 Å². The highest BCUT2D eigenvalue weighted by Crippen LogP contribution is 2.17. The number of esters is 1. The van der Waals surface area contributed by atoms with Gasteiger partial charge in [0.2, 0.25) is 0 Å². The average molecular weight is 257 g/mol. The van der Waals surface area contributed by atoms with E-state index in [4.69, 9.17) is 15.2 Å². The second-order valence-corrected chi connectivity index (χ2v) is 4.07. The second kappa shape index (κ2) is 5.91. The van der Waals surface area contributed by atoms with Crippen molar-refractivity contribution < 1.29 is 14.3 Å². The lowest BCUT2D eigenvalue weighted by atomic mass is 10.1. The van der Waals surface area contributed by atoms with Gasteiger partial charge in [-0.2, -0.15) is 0 Å². The van der Waals surface area contributed by atoms with Gasteiger partial charge in [-0.15, -0.1) is 0 Å². The van der Waals surface area contributed by atoms with Gasteiger partial charge in [-0.05, 0) is 42.0 Å². The molecule has 0 bridgehead atoms. The van der Waals surface area contributed by atoms with Crippen LogP contribution in [0.3, 0.4) is 0 Å². The maximum absolute atomic E-state index is 11.7. The normalized spacial score (nSPS) is 9.95. The summed E-state index contributed by atoms with van der Waals surface area (Å²) in [5.74, 6) is 0.912. The van der Waals surface area contributed by atoms with E-state index in [0.29, 0.717) is 11.4 Å². The number of hydrogen-bond donors (Lipinski definition) is 1. The third kappa shape index (κ3) is 3.74. The van der Waals surface area contributed by atoms with Gasteiger partial charge in [-0.25, -0.2) is 0 Å². The van der Waals surface area contributed by atoms with Crippen LogP contribution in [0.2, 0.25) is 0 Å². The summed E-state index contributed by atoms with van der Waals surface area (Å²) in [7, 11) is 1.59. The smallest absolute Gasteiger partial charge is 0.315 e. The number of rotatable bonds is 4. The van der Waals surface area contributed by atoms with Crippen LogP contribution >= 0.6 is 0 Å². The summed E-state index contributed by atoms with van der Waals surface area (Å²) in [4.78, 5) is 11.7. The van der Waals surface area contributed by atoms with Crippen LogP contribution in [0, 0.1) is 0 Å². The van der Waals surface area contributed by atoms with E-state index in [-0.39, 0.29) is 12.4 Å². The Hall–Kier alpha value is -2.49. The Balaban J connectivity index is 1.95. The molecule has 0 heterocycles. The maximum atomic E-state index is 11.7. The summed E-state index contributed by atoms with van der Waals surface area (Å²) in [5.41, 5.74) is 7.12. The van der Waals surface area contributed by atoms with Crippen molar-refractivity contribution in [2.75, 3.05) is 12.8 Å². The summed E-state index contributed by atoms with van der Waals surface area (Å²) in [5, 5.41) is 0. The fourth-order valence-electron chi connectivity index (χ4n) is 1.61. The lowest BCUT2D eigenvalue weighted by Crippen LogP contribution is -2.11. The van der Waals surface area contributed by atoms with Gasteiger partial charge in [0.25, 0.3) is 0 Å². The van der Waals surface area contributed by atoms with E-state index in [2.05, 4.69) is 0 Å². The molecule has 0 aromatic heterocycles. The molecule has 0 amide bonds. The van der Waals surface area contributed by atoms with E-state index >= 15 is 0 Å². The molecule has 2 aromatic carbocycles. The predicted octanol–water partition coefficient (Wildman–Crippen LogP) is 2.43. The Morgan fingerprint density at radius 1 is 1.00 bits per heavy atom. The van der Waals surface area contributed by atoms with Gasteiger partial charge >= 0.3 is 5.97 Å². The van der Waals surface area contributed by atoms with Crippen molar-refractivity contribution in [3.8, 4) is 11.5 Å². The standard InChI is InChI=1S/C15H15NO3/c1-18-13-6-8-14(9-7-13)19-15(17)10-11-2-4-12(16)5-3-11/h2-9H,10,16H2,1H3. The molecule has 0 radical (unpaired) electrons. The number of hydrogen-bond acceptors (Lipinski definition) is 4. The quantitative estimate of drug-likeness (QED) is 0.519. The minimum atomic E-state index is -0.310. The van der Waals surface area contributed by atoms with Gasteiger partial charge < -0.3 is 15.2 Å². The molecule has 0 aliphatic heterocycles. The average Bonchev–Trinajstić information content (AvgIpc) is 2.42. The summed E-state index contributed by atoms with van der Waals surface area (Å²) in [6.07, 6.45) is 0.215. The van der Waals surface area contributed by atoms with Crippen molar-refractivity contribution in [1.29, 1.82) is 0 Å². The Morgan fingerprint density at radius 3 is 2.16 bits per heavy atom. The van der Waals surface area contributed by atoms with E-state index in [9.17, 15) is 4.79 Å². The fourth-order valence-corrected chi connectivity index (χ4v) is 1.61. The van der Waals surface area contributed by atoms with Crippen LogP contribution in [0.15, 0.2) is 48.5 Å². The lowest BCUT2D eigenvalue weighted by Gasteiger charge is -2.05. The number of anilines is 1. The Labute approximate surface area is 111 Å². The SMILES string of the molecule is COc1ccc(OC(=O)Cc2ccc(N)cc2)cc1. The van der Waals surface area contributed by atoms with Gasteiger partial charge in [-0.1, -0.05) is 12.1 Å². The molecule has 2 aromatic rings. The van der Waals surface area contributed by atoms with Crippen molar-refractivity contribution in [2.24, 2.45) is 0 Å². The molecule has 4 heteroatoms. The molecule has 4 nitrogen and oxygen atoms in total. The largest absolute Gasteiger partial charge is 0.497 e. The monoisotopic (exact) mass is 257 g/mol. The molecule has 0 atom stereocenters. The van der Waals surface area contributed by atoms with Crippen LogP contribution in [-0.2, 0) is 11.2 Å². The first-order valence-corrected chi connectivity index (χ1v) is 5.86. The summed E-state index contributed by atoms with van der Waals surface area (Å²) in [6, 6.07) is 14.0. The number of carbonyl (C=O) groups excluding carboxylic acids is 1. The first-order valence-electron chi connectivity index (χ1n) is 5.86. The van der Waals surface area contributed by atoms with Crippen LogP contribution in [0.25, 0.3) is 0 Å². The molecule has 0 saturated carbocycles.